The second kappa shape index (κ2) is 8.76. The maximum atomic E-state index is 12.8. The molecule has 2 aromatic rings. The third kappa shape index (κ3) is 5.51. The van der Waals surface area contributed by atoms with Crippen LogP contribution in [0.25, 0.3) is 11.4 Å². The Bertz CT molecular complexity index is 861. The van der Waals surface area contributed by atoms with E-state index in [9.17, 15) is 18.0 Å². The molecule has 0 spiro atoms. The molecular weight excluding hydrogens is 363 g/mol. The summed E-state index contributed by atoms with van der Waals surface area (Å²) in [5.41, 5.74) is -0.721. The van der Waals surface area contributed by atoms with E-state index in [4.69, 9.17) is 10.5 Å². The highest BCUT2D eigenvalue weighted by molar-refractivity contribution is 5.75. The van der Waals surface area contributed by atoms with Gasteiger partial charge in [0.05, 0.1) is 30.5 Å². The number of halogens is 3. The molecule has 0 atom stereocenters. The van der Waals surface area contributed by atoms with Crippen LogP contribution >= 0.6 is 0 Å². The number of rotatable bonds is 7. The van der Waals surface area contributed by atoms with Gasteiger partial charge >= 0.3 is 6.18 Å². The van der Waals surface area contributed by atoms with Gasteiger partial charge in [0.1, 0.15) is 6.54 Å². The second-order valence-electron chi connectivity index (χ2n) is 5.42. The van der Waals surface area contributed by atoms with Gasteiger partial charge < -0.3 is 4.90 Å². The van der Waals surface area contributed by atoms with Gasteiger partial charge in [-0.25, -0.2) is 0 Å². The highest BCUT2D eigenvalue weighted by Crippen LogP contribution is 2.31. The topological polar surface area (TPSA) is 111 Å². The van der Waals surface area contributed by atoms with Crippen molar-refractivity contribution in [2.24, 2.45) is 0 Å². The molecule has 0 fully saturated rings. The molecule has 27 heavy (non-hydrogen) atoms. The summed E-state index contributed by atoms with van der Waals surface area (Å²) in [4.78, 5) is 14.6. The van der Waals surface area contributed by atoms with Crippen LogP contribution < -0.4 is 0 Å². The van der Waals surface area contributed by atoms with Crippen molar-refractivity contribution in [3.8, 4) is 23.5 Å². The molecule has 1 amide bonds. The lowest BCUT2D eigenvalue weighted by Crippen LogP contribution is -2.35. The Morgan fingerprint density at radius 1 is 1.19 bits per heavy atom. The molecule has 0 aliphatic carbocycles. The number of aromatic nitrogens is 4. The summed E-state index contributed by atoms with van der Waals surface area (Å²) in [6, 6.07) is 8.30. The molecule has 0 saturated heterocycles. The monoisotopic (exact) mass is 377 g/mol. The van der Waals surface area contributed by atoms with E-state index in [0.717, 1.165) is 16.9 Å². The van der Waals surface area contributed by atoms with Crippen LogP contribution in [-0.2, 0) is 17.5 Å². The van der Waals surface area contributed by atoms with Crippen LogP contribution in [0.15, 0.2) is 24.3 Å². The summed E-state index contributed by atoms with van der Waals surface area (Å²) < 4.78 is 38.4. The Hall–Kier alpha value is -3.47. The number of amides is 1. The van der Waals surface area contributed by atoms with Crippen molar-refractivity contribution < 1.29 is 18.0 Å². The van der Waals surface area contributed by atoms with E-state index in [0.29, 0.717) is 0 Å². The predicted molar refractivity (Wildman–Crippen MR) is 85.3 cm³/mol. The molecule has 1 heterocycles. The molecule has 1 aromatic heterocycles. The number of hydrogen-bond acceptors (Lipinski definition) is 6. The van der Waals surface area contributed by atoms with Crippen molar-refractivity contribution in [2.75, 3.05) is 13.1 Å². The molecule has 0 aliphatic rings. The molecule has 0 N–H and O–H groups in total. The Morgan fingerprint density at radius 2 is 1.85 bits per heavy atom. The van der Waals surface area contributed by atoms with E-state index in [2.05, 4.69) is 15.4 Å². The first kappa shape index (κ1) is 19.8. The second-order valence-corrected chi connectivity index (χ2v) is 5.42. The zero-order valence-electron chi connectivity index (χ0n) is 14.0. The Kier molecular flexibility index (Phi) is 6.44. The maximum Gasteiger partial charge on any atom is 0.416 e. The summed E-state index contributed by atoms with van der Waals surface area (Å²) in [5, 5.41) is 28.6. The van der Waals surface area contributed by atoms with Crippen LogP contribution in [0.3, 0.4) is 0 Å². The fourth-order valence-corrected chi connectivity index (χ4v) is 2.21. The normalized spacial score (nSPS) is 10.9. The SMILES string of the molecule is N#CCCN(CCC#N)C(=O)Cn1nnc(-c2cccc(C(F)(F)F)c2)n1. The number of hydrogen-bond donors (Lipinski definition) is 0. The first-order valence-corrected chi connectivity index (χ1v) is 7.82. The average molecular weight is 377 g/mol. The van der Waals surface area contributed by atoms with Gasteiger partial charge in [-0.15, -0.1) is 10.2 Å². The molecule has 140 valence electrons. The number of nitriles is 2. The molecule has 2 rings (SSSR count). The molecule has 11 heteroatoms. The number of nitrogens with zero attached hydrogens (tertiary/aromatic N) is 7. The van der Waals surface area contributed by atoms with Crippen LogP contribution in [0.2, 0.25) is 0 Å². The fraction of sp³-hybridized carbons (Fsp3) is 0.375. The number of tetrazole rings is 1. The van der Waals surface area contributed by atoms with Crippen molar-refractivity contribution in [3.63, 3.8) is 0 Å². The quantitative estimate of drug-likeness (QED) is 0.730. The van der Waals surface area contributed by atoms with E-state index in [1.807, 2.05) is 12.1 Å². The first-order chi connectivity index (χ1) is 12.8. The van der Waals surface area contributed by atoms with Crippen molar-refractivity contribution in [1.82, 2.24) is 25.1 Å². The Balaban J connectivity index is 2.12. The van der Waals surface area contributed by atoms with Crippen LogP contribution in [0.5, 0.6) is 0 Å². The lowest BCUT2D eigenvalue weighted by molar-refractivity contribution is -0.137. The van der Waals surface area contributed by atoms with E-state index in [1.54, 1.807) is 0 Å². The van der Waals surface area contributed by atoms with Crippen LogP contribution in [-0.4, -0.2) is 44.1 Å². The average Bonchev–Trinajstić information content (AvgIpc) is 3.09. The summed E-state index contributed by atoms with van der Waals surface area (Å²) in [6.45, 7) is 0.0151. The highest BCUT2D eigenvalue weighted by atomic mass is 19.4. The van der Waals surface area contributed by atoms with Crippen molar-refractivity contribution in [1.29, 1.82) is 10.5 Å². The van der Waals surface area contributed by atoms with E-state index in [-0.39, 0.29) is 43.9 Å². The molecule has 0 bridgehead atoms. The number of carbonyl (C=O) groups excluding carboxylic acids is 1. The zero-order valence-corrected chi connectivity index (χ0v) is 14.0. The van der Waals surface area contributed by atoms with Crippen molar-refractivity contribution >= 4 is 5.91 Å². The third-order valence-electron chi connectivity index (χ3n) is 3.52. The fourth-order valence-electron chi connectivity index (χ4n) is 2.21. The van der Waals surface area contributed by atoms with Gasteiger partial charge in [0.15, 0.2) is 0 Å². The minimum absolute atomic E-state index is 0.0468. The van der Waals surface area contributed by atoms with Gasteiger partial charge in [0.2, 0.25) is 11.7 Å². The summed E-state index contributed by atoms with van der Waals surface area (Å²) in [5.74, 6) is -0.469. The third-order valence-corrected chi connectivity index (χ3v) is 3.52. The molecular formula is C16H14F3N7O. The molecule has 0 radical (unpaired) electrons. The zero-order chi connectivity index (χ0) is 19.9. The predicted octanol–water partition coefficient (Wildman–Crippen LogP) is 2.01. The van der Waals surface area contributed by atoms with Gasteiger partial charge in [-0.2, -0.15) is 28.5 Å². The summed E-state index contributed by atoms with van der Waals surface area (Å²) >= 11 is 0. The van der Waals surface area contributed by atoms with Gasteiger partial charge in [-0.05, 0) is 17.3 Å². The van der Waals surface area contributed by atoms with E-state index >= 15 is 0 Å². The largest absolute Gasteiger partial charge is 0.416 e. The minimum Gasteiger partial charge on any atom is -0.339 e. The van der Waals surface area contributed by atoms with Crippen LogP contribution in [0.4, 0.5) is 13.2 Å². The van der Waals surface area contributed by atoms with Crippen LogP contribution in [0, 0.1) is 22.7 Å². The van der Waals surface area contributed by atoms with E-state index < -0.39 is 17.6 Å². The Labute approximate surface area is 152 Å². The van der Waals surface area contributed by atoms with Crippen LogP contribution in [0.1, 0.15) is 18.4 Å². The molecule has 0 unspecified atom stereocenters. The lowest BCUT2D eigenvalue weighted by atomic mass is 10.1. The number of carbonyl (C=O) groups is 1. The molecule has 0 saturated carbocycles. The minimum atomic E-state index is -4.50. The number of benzene rings is 1. The van der Waals surface area contributed by atoms with Gasteiger partial charge in [0.25, 0.3) is 0 Å². The standard InChI is InChI=1S/C16H14F3N7O/c17-16(18,19)13-5-1-4-12(10-13)15-22-24-26(23-15)11-14(27)25(8-2-6-20)9-3-7-21/h1,4-5,10H,2-3,8-9,11H2. The molecule has 1 aromatic carbocycles. The highest BCUT2D eigenvalue weighted by Gasteiger charge is 2.30. The van der Waals surface area contributed by atoms with Gasteiger partial charge in [0, 0.05) is 18.7 Å². The maximum absolute atomic E-state index is 12.8. The lowest BCUT2D eigenvalue weighted by Gasteiger charge is -2.19. The summed E-state index contributed by atoms with van der Waals surface area (Å²) in [6.07, 6.45) is -4.28. The molecule has 0 aliphatic heterocycles. The van der Waals surface area contributed by atoms with Crippen molar-refractivity contribution in [3.05, 3.63) is 29.8 Å². The van der Waals surface area contributed by atoms with Crippen molar-refractivity contribution in [2.45, 2.75) is 25.6 Å². The van der Waals surface area contributed by atoms with Gasteiger partial charge in [-0.3, -0.25) is 4.79 Å². The summed E-state index contributed by atoms with van der Waals surface area (Å²) in [7, 11) is 0. The number of alkyl halides is 3. The molecule has 8 nitrogen and oxygen atoms in total. The smallest absolute Gasteiger partial charge is 0.339 e. The van der Waals surface area contributed by atoms with Gasteiger partial charge in [-0.1, -0.05) is 12.1 Å². The Morgan fingerprint density at radius 3 is 2.44 bits per heavy atom. The first-order valence-electron chi connectivity index (χ1n) is 7.82. The van der Waals surface area contributed by atoms with E-state index in [1.165, 1.54) is 17.0 Å².